The molecular formula is C21H17ClF2N2O4S. The topological polar surface area (TPSA) is 75.7 Å². The van der Waals surface area contributed by atoms with Gasteiger partial charge in [-0.05, 0) is 54.6 Å². The summed E-state index contributed by atoms with van der Waals surface area (Å²) in [6, 6.07) is 14.4. The highest BCUT2D eigenvalue weighted by Crippen LogP contribution is 2.27. The lowest BCUT2D eigenvalue weighted by atomic mass is 10.3. The Labute approximate surface area is 183 Å². The van der Waals surface area contributed by atoms with Gasteiger partial charge in [-0.1, -0.05) is 17.7 Å². The van der Waals surface area contributed by atoms with Crippen LogP contribution in [0.3, 0.4) is 0 Å². The van der Waals surface area contributed by atoms with E-state index in [-0.39, 0.29) is 21.3 Å². The number of nitrogens with one attached hydrogen (secondary N) is 1. The average molecular weight is 467 g/mol. The van der Waals surface area contributed by atoms with Crippen LogP contribution >= 0.6 is 11.6 Å². The maximum absolute atomic E-state index is 13.4. The lowest BCUT2D eigenvalue weighted by Crippen LogP contribution is -2.38. The van der Waals surface area contributed by atoms with Crippen LogP contribution < -0.4 is 14.4 Å². The maximum Gasteiger partial charge on any atom is 0.264 e. The molecule has 6 nitrogen and oxygen atoms in total. The highest BCUT2D eigenvalue weighted by atomic mass is 35.5. The SMILES string of the molecule is COc1ccc(S(=O)(=O)N(CC(=O)Nc2ccc(F)c(F)c2)c2cccc(Cl)c2)cc1. The van der Waals surface area contributed by atoms with Gasteiger partial charge in [0.15, 0.2) is 11.6 Å². The first-order valence-electron chi connectivity index (χ1n) is 8.88. The molecule has 10 heteroatoms. The molecule has 0 aliphatic carbocycles. The van der Waals surface area contributed by atoms with Gasteiger partial charge in [-0.25, -0.2) is 17.2 Å². The number of methoxy groups -OCH3 is 1. The van der Waals surface area contributed by atoms with Crippen molar-refractivity contribution in [3.8, 4) is 5.75 Å². The molecule has 0 radical (unpaired) electrons. The molecule has 162 valence electrons. The standard InChI is InChI=1S/C21H17ClF2N2O4S/c1-30-17-6-8-18(9-7-17)31(28,29)26(16-4-2-3-14(22)11-16)13-21(27)25-15-5-10-19(23)20(24)12-15/h2-12H,13H2,1H3,(H,25,27). The van der Waals surface area contributed by atoms with E-state index in [1.54, 1.807) is 12.1 Å². The van der Waals surface area contributed by atoms with Crippen LogP contribution in [0.1, 0.15) is 0 Å². The number of sulfonamides is 1. The number of halogens is 3. The molecule has 0 unspecified atom stereocenters. The smallest absolute Gasteiger partial charge is 0.264 e. The molecule has 3 aromatic carbocycles. The number of carbonyl (C=O) groups excluding carboxylic acids is 1. The molecule has 0 saturated heterocycles. The molecule has 31 heavy (non-hydrogen) atoms. The summed E-state index contributed by atoms with van der Waals surface area (Å²) in [7, 11) is -2.73. The van der Waals surface area contributed by atoms with Crippen LogP contribution in [0.25, 0.3) is 0 Å². The summed E-state index contributed by atoms with van der Waals surface area (Å²) in [5, 5.41) is 2.63. The Bertz CT molecular complexity index is 1200. The van der Waals surface area contributed by atoms with E-state index in [9.17, 15) is 22.0 Å². The van der Waals surface area contributed by atoms with Gasteiger partial charge in [0.05, 0.1) is 17.7 Å². The van der Waals surface area contributed by atoms with E-state index in [1.165, 1.54) is 43.5 Å². The number of hydrogen-bond donors (Lipinski definition) is 1. The number of benzene rings is 3. The molecule has 0 aromatic heterocycles. The van der Waals surface area contributed by atoms with Crippen molar-refractivity contribution in [2.45, 2.75) is 4.90 Å². The van der Waals surface area contributed by atoms with Crippen molar-refractivity contribution in [3.05, 3.63) is 83.4 Å². The van der Waals surface area contributed by atoms with Gasteiger partial charge >= 0.3 is 0 Å². The summed E-state index contributed by atoms with van der Waals surface area (Å²) < 4.78 is 59.0. The number of amides is 1. The van der Waals surface area contributed by atoms with Crippen molar-refractivity contribution in [2.24, 2.45) is 0 Å². The predicted octanol–water partition coefficient (Wildman–Crippen LogP) is 4.46. The van der Waals surface area contributed by atoms with Crippen LogP contribution in [0.15, 0.2) is 71.6 Å². The van der Waals surface area contributed by atoms with Crippen molar-refractivity contribution < 1.29 is 26.7 Å². The van der Waals surface area contributed by atoms with Gasteiger partial charge in [-0.3, -0.25) is 9.10 Å². The summed E-state index contributed by atoms with van der Waals surface area (Å²) in [6.45, 7) is -0.631. The van der Waals surface area contributed by atoms with E-state index in [0.29, 0.717) is 5.75 Å². The van der Waals surface area contributed by atoms with E-state index >= 15 is 0 Å². The molecule has 0 aliphatic rings. The number of ether oxygens (including phenoxy) is 1. The lowest BCUT2D eigenvalue weighted by Gasteiger charge is -2.24. The van der Waals surface area contributed by atoms with E-state index in [0.717, 1.165) is 22.5 Å². The van der Waals surface area contributed by atoms with E-state index in [2.05, 4.69) is 5.32 Å². The Morgan fingerprint density at radius 1 is 1.03 bits per heavy atom. The Kier molecular flexibility index (Phi) is 6.77. The molecule has 0 heterocycles. The lowest BCUT2D eigenvalue weighted by molar-refractivity contribution is -0.114. The molecule has 1 N–H and O–H groups in total. The van der Waals surface area contributed by atoms with E-state index in [4.69, 9.17) is 16.3 Å². The fourth-order valence-corrected chi connectivity index (χ4v) is 4.32. The minimum absolute atomic E-state index is 0.0169. The molecule has 3 rings (SSSR count). The molecule has 0 atom stereocenters. The fraction of sp³-hybridized carbons (Fsp3) is 0.0952. The van der Waals surface area contributed by atoms with Crippen molar-refractivity contribution in [3.63, 3.8) is 0 Å². The van der Waals surface area contributed by atoms with Crippen molar-refractivity contribution in [1.82, 2.24) is 0 Å². The zero-order chi connectivity index (χ0) is 22.6. The van der Waals surface area contributed by atoms with Crippen molar-refractivity contribution >= 4 is 38.9 Å². The van der Waals surface area contributed by atoms with Gasteiger partial charge < -0.3 is 10.1 Å². The zero-order valence-corrected chi connectivity index (χ0v) is 17.8. The number of hydrogen-bond acceptors (Lipinski definition) is 4. The van der Waals surface area contributed by atoms with Gasteiger partial charge in [0, 0.05) is 16.8 Å². The highest BCUT2D eigenvalue weighted by Gasteiger charge is 2.27. The number of nitrogens with zero attached hydrogens (tertiary/aromatic N) is 1. The number of anilines is 2. The molecule has 1 amide bonds. The van der Waals surface area contributed by atoms with Gasteiger partial charge in [-0.2, -0.15) is 0 Å². The predicted molar refractivity (Wildman–Crippen MR) is 114 cm³/mol. The quantitative estimate of drug-likeness (QED) is 0.557. The molecule has 3 aromatic rings. The van der Waals surface area contributed by atoms with E-state index in [1.807, 2.05) is 0 Å². The third kappa shape index (κ3) is 5.31. The minimum atomic E-state index is -4.17. The van der Waals surface area contributed by atoms with Crippen LogP contribution in [-0.4, -0.2) is 28.0 Å². The Morgan fingerprint density at radius 2 is 1.74 bits per heavy atom. The molecule has 0 spiro atoms. The molecule has 0 bridgehead atoms. The van der Waals surface area contributed by atoms with Crippen LogP contribution in [0.5, 0.6) is 5.75 Å². The molecule has 0 fully saturated rings. The Hall–Kier alpha value is -3.17. The van der Waals surface area contributed by atoms with Crippen LogP contribution in [-0.2, 0) is 14.8 Å². The molecule has 0 saturated carbocycles. The van der Waals surface area contributed by atoms with Gasteiger partial charge in [0.1, 0.15) is 12.3 Å². The molecular weight excluding hydrogens is 450 g/mol. The van der Waals surface area contributed by atoms with Gasteiger partial charge in [0.25, 0.3) is 10.0 Å². The first-order chi connectivity index (χ1) is 14.7. The highest BCUT2D eigenvalue weighted by molar-refractivity contribution is 7.92. The minimum Gasteiger partial charge on any atom is -0.497 e. The maximum atomic E-state index is 13.4. The van der Waals surface area contributed by atoms with Crippen molar-refractivity contribution in [1.29, 1.82) is 0 Å². The second-order valence-electron chi connectivity index (χ2n) is 6.34. The number of carbonyl (C=O) groups is 1. The summed E-state index contributed by atoms with van der Waals surface area (Å²) in [4.78, 5) is 12.5. The van der Waals surface area contributed by atoms with Crippen LogP contribution in [0.2, 0.25) is 5.02 Å². The summed E-state index contributed by atoms with van der Waals surface area (Å²) in [5.74, 6) is -2.51. The second kappa shape index (κ2) is 9.32. The normalized spacial score (nSPS) is 11.1. The number of rotatable bonds is 7. The first-order valence-corrected chi connectivity index (χ1v) is 10.7. The second-order valence-corrected chi connectivity index (χ2v) is 8.64. The summed E-state index contributed by atoms with van der Waals surface area (Å²) in [6.07, 6.45) is 0. The van der Waals surface area contributed by atoms with E-state index < -0.39 is 34.1 Å². The Balaban J connectivity index is 1.94. The largest absolute Gasteiger partial charge is 0.497 e. The Morgan fingerprint density at radius 3 is 2.35 bits per heavy atom. The third-order valence-corrected chi connectivity index (χ3v) is 6.26. The van der Waals surface area contributed by atoms with Gasteiger partial charge in [0.2, 0.25) is 5.91 Å². The third-order valence-electron chi connectivity index (χ3n) is 4.23. The monoisotopic (exact) mass is 466 g/mol. The molecule has 0 aliphatic heterocycles. The van der Waals surface area contributed by atoms with Crippen molar-refractivity contribution in [2.75, 3.05) is 23.3 Å². The van der Waals surface area contributed by atoms with Crippen LogP contribution in [0, 0.1) is 11.6 Å². The summed E-state index contributed by atoms with van der Waals surface area (Å²) in [5.41, 5.74) is 0.139. The zero-order valence-electron chi connectivity index (χ0n) is 16.2. The average Bonchev–Trinajstić information content (AvgIpc) is 2.74. The first kappa shape index (κ1) is 22.5. The summed E-state index contributed by atoms with van der Waals surface area (Å²) >= 11 is 6.01. The fourth-order valence-electron chi connectivity index (χ4n) is 2.73. The van der Waals surface area contributed by atoms with Crippen LogP contribution in [0.4, 0.5) is 20.2 Å². The van der Waals surface area contributed by atoms with Gasteiger partial charge in [-0.15, -0.1) is 0 Å².